The van der Waals surface area contributed by atoms with Crippen LogP contribution in [0.4, 0.5) is 13.2 Å². The second-order valence-corrected chi connectivity index (χ2v) is 5.09. The van der Waals surface area contributed by atoms with Crippen molar-refractivity contribution in [3.63, 3.8) is 0 Å². The largest absolute Gasteiger partial charge is 0.497 e. The van der Waals surface area contributed by atoms with Gasteiger partial charge < -0.3 is 13.9 Å². The fourth-order valence-electron chi connectivity index (χ4n) is 2.19. The van der Waals surface area contributed by atoms with Gasteiger partial charge in [-0.3, -0.25) is 0 Å². The minimum atomic E-state index is -4.39. The predicted molar refractivity (Wildman–Crippen MR) is 83.3 cm³/mol. The van der Waals surface area contributed by atoms with Gasteiger partial charge in [0, 0.05) is 17.2 Å². The molecule has 8 heteroatoms. The van der Waals surface area contributed by atoms with Crippen molar-refractivity contribution >= 4 is 0 Å². The second-order valence-electron chi connectivity index (χ2n) is 5.09. The molecule has 0 atom stereocenters. The molecule has 0 aliphatic carbocycles. The quantitative estimate of drug-likeness (QED) is 0.696. The molecule has 0 N–H and O–H groups in total. The van der Waals surface area contributed by atoms with Crippen LogP contribution in [-0.4, -0.2) is 24.4 Å². The number of hydrogen-bond acceptors (Lipinski definition) is 5. The molecule has 0 unspecified atom stereocenters. The Morgan fingerprint density at radius 1 is 0.800 bits per heavy atom. The number of hydrogen-bond donors (Lipinski definition) is 0. The van der Waals surface area contributed by atoms with Crippen molar-refractivity contribution in [1.29, 1.82) is 0 Å². The summed E-state index contributed by atoms with van der Waals surface area (Å²) < 4.78 is 53.8. The molecule has 1 aromatic heterocycles. The van der Waals surface area contributed by atoms with E-state index in [2.05, 4.69) is 10.2 Å². The Morgan fingerprint density at radius 3 is 1.80 bits per heavy atom. The second kappa shape index (κ2) is 6.46. The molecular weight excluding hydrogens is 337 g/mol. The molecule has 0 radical (unpaired) electrons. The Labute approximate surface area is 141 Å². The molecule has 0 aliphatic rings. The van der Waals surface area contributed by atoms with Crippen molar-refractivity contribution in [2.45, 2.75) is 6.18 Å². The Kier molecular flexibility index (Phi) is 4.35. The van der Waals surface area contributed by atoms with Gasteiger partial charge in [0.05, 0.1) is 19.8 Å². The van der Waals surface area contributed by atoms with Crippen molar-refractivity contribution in [3.8, 4) is 34.4 Å². The lowest BCUT2D eigenvalue weighted by Gasteiger charge is -2.06. The molecule has 0 amide bonds. The molecule has 5 nitrogen and oxygen atoms in total. The van der Waals surface area contributed by atoms with Crippen molar-refractivity contribution in [3.05, 3.63) is 48.0 Å². The van der Waals surface area contributed by atoms with Gasteiger partial charge in [-0.25, -0.2) is 0 Å². The van der Waals surface area contributed by atoms with Gasteiger partial charge in [-0.05, 0) is 36.4 Å². The van der Waals surface area contributed by atoms with Crippen LogP contribution in [0.15, 0.2) is 46.9 Å². The van der Waals surface area contributed by atoms with Crippen LogP contribution in [0.2, 0.25) is 0 Å². The summed E-state index contributed by atoms with van der Waals surface area (Å²) in [7, 11) is 3.03. The van der Waals surface area contributed by atoms with Gasteiger partial charge >= 0.3 is 6.18 Å². The van der Waals surface area contributed by atoms with E-state index in [1.165, 1.54) is 26.4 Å². The molecule has 3 rings (SSSR count). The van der Waals surface area contributed by atoms with Gasteiger partial charge in [0.2, 0.25) is 11.8 Å². The number of alkyl halides is 3. The molecule has 1 heterocycles. The Morgan fingerprint density at radius 2 is 1.32 bits per heavy atom. The zero-order chi connectivity index (χ0) is 18.0. The van der Waals surface area contributed by atoms with E-state index in [1.54, 1.807) is 18.2 Å². The highest BCUT2D eigenvalue weighted by molar-refractivity contribution is 5.61. The number of methoxy groups -OCH3 is 2. The summed E-state index contributed by atoms with van der Waals surface area (Å²) in [6, 6.07) is 9.57. The highest BCUT2D eigenvalue weighted by atomic mass is 19.4. The smallest absolute Gasteiger partial charge is 0.416 e. The van der Waals surface area contributed by atoms with E-state index >= 15 is 0 Å². The van der Waals surface area contributed by atoms with E-state index < -0.39 is 11.7 Å². The highest BCUT2D eigenvalue weighted by Crippen LogP contribution is 2.33. The monoisotopic (exact) mass is 350 g/mol. The molecule has 0 bridgehead atoms. The van der Waals surface area contributed by atoms with Crippen LogP contribution in [0.3, 0.4) is 0 Å². The summed E-state index contributed by atoms with van der Waals surface area (Å²) in [5, 5.41) is 7.82. The minimum Gasteiger partial charge on any atom is -0.497 e. The zero-order valence-corrected chi connectivity index (χ0v) is 13.3. The average molecular weight is 350 g/mol. The van der Waals surface area contributed by atoms with Crippen LogP contribution in [0, 0.1) is 0 Å². The van der Waals surface area contributed by atoms with E-state index in [0.29, 0.717) is 22.6 Å². The van der Waals surface area contributed by atoms with Crippen LogP contribution in [0.25, 0.3) is 22.9 Å². The van der Waals surface area contributed by atoms with Crippen LogP contribution in [0.5, 0.6) is 11.5 Å². The number of ether oxygens (including phenoxy) is 2. The van der Waals surface area contributed by atoms with Crippen molar-refractivity contribution in [2.24, 2.45) is 0 Å². The van der Waals surface area contributed by atoms with Crippen LogP contribution >= 0.6 is 0 Å². The van der Waals surface area contributed by atoms with Crippen molar-refractivity contribution < 1.29 is 27.1 Å². The Hall–Kier alpha value is -3.03. The maximum Gasteiger partial charge on any atom is 0.416 e. The Balaban J connectivity index is 1.93. The first-order valence-electron chi connectivity index (χ1n) is 7.15. The number of benzene rings is 2. The first-order valence-corrected chi connectivity index (χ1v) is 7.15. The first-order chi connectivity index (χ1) is 11.9. The van der Waals surface area contributed by atoms with Gasteiger partial charge in [0.15, 0.2) is 0 Å². The molecule has 0 fully saturated rings. The standard InChI is InChI=1S/C17H13F3N2O3/c1-23-13-7-11(8-14(9-13)24-2)16-22-21-15(25-16)10-3-5-12(6-4-10)17(18,19)20/h3-9H,1-2H3. The minimum absolute atomic E-state index is 0.116. The molecule has 0 saturated carbocycles. The van der Waals surface area contributed by atoms with E-state index in [9.17, 15) is 13.2 Å². The van der Waals surface area contributed by atoms with Crippen molar-refractivity contribution in [2.75, 3.05) is 14.2 Å². The molecule has 0 aliphatic heterocycles. The van der Waals surface area contributed by atoms with E-state index in [4.69, 9.17) is 13.9 Å². The third kappa shape index (κ3) is 3.57. The summed E-state index contributed by atoms with van der Waals surface area (Å²) in [6.07, 6.45) is -4.39. The molecule has 2 aromatic carbocycles. The van der Waals surface area contributed by atoms with Gasteiger partial charge in [-0.2, -0.15) is 13.2 Å². The fourth-order valence-corrected chi connectivity index (χ4v) is 2.19. The topological polar surface area (TPSA) is 57.4 Å². The molecule has 130 valence electrons. The van der Waals surface area contributed by atoms with Crippen molar-refractivity contribution in [1.82, 2.24) is 10.2 Å². The molecular formula is C17H13F3N2O3. The van der Waals surface area contributed by atoms with Crippen LogP contribution in [0.1, 0.15) is 5.56 Å². The van der Waals surface area contributed by atoms with Gasteiger partial charge in [0.1, 0.15) is 11.5 Å². The number of halogens is 3. The summed E-state index contributed by atoms with van der Waals surface area (Å²) in [5.74, 6) is 1.41. The van der Waals surface area contributed by atoms with E-state index in [1.807, 2.05) is 0 Å². The molecule has 0 saturated heterocycles. The van der Waals surface area contributed by atoms with E-state index in [-0.39, 0.29) is 11.8 Å². The highest BCUT2D eigenvalue weighted by Gasteiger charge is 2.30. The summed E-state index contributed by atoms with van der Waals surface area (Å²) in [5.41, 5.74) is 0.219. The van der Waals surface area contributed by atoms with Gasteiger partial charge in [-0.1, -0.05) is 0 Å². The SMILES string of the molecule is COc1cc(OC)cc(-c2nnc(-c3ccc(C(F)(F)F)cc3)o2)c1. The lowest BCUT2D eigenvalue weighted by molar-refractivity contribution is -0.137. The average Bonchev–Trinajstić information content (AvgIpc) is 3.10. The Bertz CT molecular complexity index is 851. The summed E-state index contributed by atoms with van der Waals surface area (Å²) in [4.78, 5) is 0. The lowest BCUT2D eigenvalue weighted by Crippen LogP contribution is -2.03. The maximum absolute atomic E-state index is 12.6. The molecule has 3 aromatic rings. The third-order valence-corrected chi connectivity index (χ3v) is 3.48. The van der Waals surface area contributed by atoms with Gasteiger partial charge in [-0.15, -0.1) is 10.2 Å². The maximum atomic E-state index is 12.6. The summed E-state index contributed by atoms with van der Waals surface area (Å²) >= 11 is 0. The normalized spacial score (nSPS) is 11.4. The van der Waals surface area contributed by atoms with Gasteiger partial charge in [0.25, 0.3) is 0 Å². The predicted octanol–water partition coefficient (Wildman–Crippen LogP) is 4.44. The zero-order valence-electron chi connectivity index (χ0n) is 13.3. The lowest BCUT2D eigenvalue weighted by atomic mass is 10.1. The van der Waals surface area contributed by atoms with Crippen LogP contribution < -0.4 is 9.47 Å². The molecule has 25 heavy (non-hydrogen) atoms. The first kappa shape index (κ1) is 16.8. The fraction of sp³-hybridized carbons (Fsp3) is 0.176. The molecule has 0 spiro atoms. The summed E-state index contributed by atoms with van der Waals surface area (Å²) in [6.45, 7) is 0. The number of aromatic nitrogens is 2. The number of nitrogens with zero attached hydrogens (tertiary/aromatic N) is 2. The van der Waals surface area contributed by atoms with Crippen LogP contribution in [-0.2, 0) is 6.18 Å². The van der Waals surface area contributed by atoms with E-state index in [0.717, 1.165) is 12.1 Å². The number of rotatable bonds is 4. The third-order valence-electron chi connectivity index (χ3n) is 3.48.